The molecule has 2 unspecified atom stereocenters. The molecule has 0 aliphatic heterocycles. The second kappa shape index (κ2) is 5.05. The Morgan fingerprint density at radius 2 is 1.71 bits per heavy atom. The van der Waals surface area contributed by atoms with E-state index in [1.807, 2.05) is 0 Å². The van der Waals surface area contributed by atoms with Crippen LogP contribution in [0, 0.1) is 5.82 Å². The highest BCUT2D eigenvalue weighted by atomic mass is 19.1. The van der Waals surface area contributed by atoms with Crippen LogP contribution >= 0.6 is 0 Å². The monoisotopic (exact) mass is 200 g/mol. The first-order chi connectivity index (χ1) is 6.65. The van der Waals surface area contributed by atoms with Crippen LogP contribution in [0.25, 0.3) is 0 Å². The summed E-state index contributed by atoms with van der Waals surface area (Å²) in [5.74, 6) is -0.391. The average Bonchev–Trinajstić information content (AvgIpc) is 2.18. The third-order valence-electron chi connectivity index (χ3n) is 2.00. The van der Waals surface area contributed by atoms with E-state index in [-0.39, 0.29) is 13.0 Å². The molecule has 0 bridgehead atoms. The Hall–Kier alpha value is -0.970. The molecule has 3 nitrogen and oxygen atoms in total. The predicted molar refractivity (Wildman–Crippen MR) is 49.1 cm³/mol. The van der Waals surface area contributed by atoms with Gasteiger partial charge < -0.3 is 15.3 Å². The topological polar surface area (TPSA) is 60.7 Å². The number of rotatable bonds is 4. The summed E-state index contributed by atoms with van der Waals surface area (Å²) in [4.78, 5) is 0. The fraction of sp³-hybridized carbons (Fsp3) is 0.400. The molecule has 2 atom stereocenters. The standard InChI is InChI=1S/C10H13FO3/c11-8-3-1-7(2-4-8)10(14)9(13)5-6-12/h1-4,9-10,12-14H,5-6H2. The van der Waals surface area contributed by atoms with E-state index in [0.717, 1.165) is 0 Å². The highest BCUT2D eigenvalue weighted by molar-refractivity contribution is 5.19. The zero-order chi connectivity index (χ0) is 10.6. The van der Waals surface area contributed by atoms with Crippen molar-refractivity contribution in [2.75, 3.05) is 6.61 Å². The minimum atomic E-state index is -1.08. The van der Waals surface area contributed by atoms with Crippen molar-refractivity contribution in [2.24, 2.45) is 0 Å². The third kappa shape index (κ3) is 2.77. The van der Waals surface area contributed by atoms with Crippen molar-refractivity contribution in [3.63, 3.8) is 0 Å². The summed E-state index contributed by atoms with van der Waals surface area (Å²) >= 11 is 0. The molecule has 0 saturated carbocycles. The zero-order valence-corrected chi connectivity index (χ0v) is 7.60. The van der Waals surface area contributed by atoms with Gasteiger partial charge in [0.1, 0.15) is 11.9 Å². The largest absolute Gasteiger partial charge is 0.396 e. The van der Waals surface area contributed by atoms with Gasteiger partial charge in [0.15, 0.2) is 0 Å². The van der Waals surface area contributed by atoms with Gasteiger partial charge in [0.2, 0.25) is 0 Å². The molecule has 0 spiro atoms. The fourth-order valence-electron chi connectivity index (χ4n) is 1.17. The SMILES string of the molecule is OCCC(O)C(O)c1ccc(F)cc1. The smallest absolute Gasteiger partial charge is 0.123 e. The summed E-state index contributed by atoms with van der Waals surface area (Å²) in [5.41, 5.74) is 0.437. The molecule has 4 heteroatoms. The van der Waals surface area contributed by atoms with Gasteiger partial charge >= 0.3 is 0 Å². The molecule has 3 N–H and O–H groups in total. The van der Waals surface area contributed by atoms with Crippen molar-refractivity contribution in [3.05, 3.63) is 35.6 Å². The maximum absolute atomic E-state index is 12.5. The van der Waals surface area contributed by atoms with E-state index in [1.54, 1.807) is 0 Å². The Morgan fingerprint density at radius 3 is 2.21 bits per heavy atom. The Morgan fingerprint density at radius 1 is 1.14 bits per heavy atom. The molecule has 1 rings (SSSR count). The number of hydrogen-bond acceptors (Lipinski definition) is 3. The highest BCUT2D eigenvalue weighted by Gasteiger charge is 2.17. The molecule has 0 heterocycles. The van der Waals surface area contributed by atoms with E-state index in [1.165, 1.54) is 24.3 Å². The fourth-order valence-corrected chi connectivity index (χ4v) is 1.17. The second-order valence-corrected chi connectivity index (χ2v) is 3.08. The lowest BCUT2D eigenvalue weighted by atomic mass is 10.0. The number of halogens is 1. The molecular formula is C10H13FO3. The van der Waals surface area contributed by atoms with E-state index in [2.05, 4.69) is 0 Å². The van der Waals surface area contributed by atoms with Gasteiger partial charge in [0.25, 0.3) is 0 Å². The molecular weight excluding hydrogens is 187 g/mol. The number of benzene rings is 1. The van der Waals surface area contributed by atoms with Crippen LogP contribution in [0.1, 0.15) is 18.1 Å². The van der Waals surface area contributed by atoms with Gasteiger partial charge in [-0.3, -0.25) is 0 Å². The van der Waals surface area contributed by atoms with Crippen molar-refractivity contribution in [1.82, 2.24) is 0 Å². The minimum Gasteiger partial charge on any atom is -0.396 e. The lowest BCUT2D eigenvalue weighted by molar-refractivity contribution is 0.00418. The molecule has 0 amide bonds. The van der Waals surface area contributed by atoms with Crippen LogP contribution in [0.2, 0.25) is 0 Å². The highest BCUT2D eigenvalue weighted by Crippen LogP contribution is 2.18. The summed E-state index contributed by atoms with van der Waals surface area (Å²) in [6.45, 7) is -0.195. The van der Waals surface area contributed by atoms with Gasteiger partial charge in [-0.2, -0.15) is 0 Å². The summed E-state index contributed by atoms with van der Waals surface area (Å²) in [7, 11) is 0. The zero-order valence-electron chi connectivity index (χ0n) is 7.60. The van der Waals surface area contributed by atoms with Crippen molar-refractivity contribution >= 4 is 0 Å². The van der Waals surface area contributed by atoms with Crippen LogP contribution in [-0.4, -0.2) is 28.0 Å². The Bertz CT molecular complexity index is 273. The third-order valence-corrected chi connectivity index (χ3v) is 2.00. The van der Waals surface area contributed by atoms with Crippen molar-refractivity contribution in [1.29, 1.82) is 0 Å². The van der Waals surface area contributed by atoms with Gasteiger partial charge in [-0.25, -0.2) is 4.39 Å². The lowest BCUT2D eigenvalue weighted by Crippen LogP contribution is -2.19. The molecule has 14 heavy (non-hydrogen) atoms. The first kappa shape index (κ1) is 11.1. The van der Waals surface area contributed by atoms with Gasteiger partial charge in [-0.05, 0) is 24.1 Å². The van der Waals surface area contributed by atoms with Crippen LogP contribution in [0.15, 0.2) is 24.3 Å². The van der Waals surface area contributed by atoms with Crippen LogP contribution in [0.4, 0.5) is 4.39 Å². The maximum atomic E-state index is 12.5. The van der Waals surface area contributed by atoms with Gasteiger partial charge in [0.05, 0.1) is 6.10 Å². The van der Waals surface area contributed by atoms with Gasteiger partial charge in [-0.15, -0.1) is 0 Å². The van der Waals surface area contributed by atoms with E-state index >= 15 is 0 Å². The molecule has 78 valence electrons. The normalized spacial score (nSPS) is 15.1. The van der Waals surface area contributed by atoms with E-state index < -0.39 is 18.0 Å². The van der Waals surface area contributed by atoms with Crippen LogP contribution in [0.5, 0.6) is 0 Å². The first-order valence-corrected chi connectivity index (χ1v) is 4.37. The second-order valence-electron chi connectivity index (χ2n) is 3.08. The van der Waals surface area contributed by atoms with Crippen molar-refractivity contribution < 1.29 is 19.7 Å². The van der Waals surface area contributed by atoms with Crippen molar-refractivity contribution in [3.8, 4) is 0 Å². The molecule has 0 aliphatic carbocycles. The Kier molecular flexibility index (Phi) is 4.00. The molecule has 0 fully saturated rings. The van der Waals surface area contributed by atoms with E-state index in [0.29, 0.717) is 5.56 Å². The lowest BCUT2D eigenvalue weighted by Gasteiger charge is -2.16. The first-order valence-electron chi connectivity index (χ1n) is 4.37. The molecule has 1 aromatic rings. The molecule has 0 aromatic heterocycles. The number of aliphatic hydroxyl groups excluding tert-OH is 3. The Balaban J connectivity index is 2.68. The predicted octanol–water partition coefficient (Wildman–Crippen LogP) is 0.602. The van der Waals surface area contributed by atoms with Gasteiger partial charge in [0, 0.05) is 6.61 Å². The molecule has 1 aromatic carbocycles. The van der Waals surface area contributed by atoms with E-state index in [9.17, 15) is 14.6 Å². The quantitative estimate of drug-likeness (QED) is 0.667. The Labute approximate surface area is 81.4 Å². The van der Waals surface area contributed by atoms with Crippen molar-refractivity contribution in [2.45, 2.75) is 18.6 Å². The minimum absolute atomic E-state index is 0.0958. The van der Waals surface area contributed by atoms with Crippen LogP contribution in [0.3, 0.4) is 0 Å². The summed E-state index contributed by atoms with van der Waals surface area (Å²) < 4.78 is 12.5. The number of hydrogen-bond donors (Lipinski definition) is 3. The summed E-state index contributed by atoms with van der Waals surface area (Å²) in [5, 5.41) is 27.4. The van der Waals surface area contributed by atoms with Crippen LogP contribution in [-0.2, 0) is 0 Å². The number of aliphatic hydroxyl groups is 3. The molecule has 0 radical (unpaired) electrons. The maximum Gasteiger partial charge on any atom is 0.123 e. The average molecular weight is 200 g/mol. The summed E-state index contributed by atoms with van der Waals surface area (Å²) in [6, 6.07) is 5.23. The van der Waals surface area contributed by atoms with Gasteiger partial charge in [-0.1, -0.05) is 12.1 Å². The summed E-state index contributed by atoms with van der Waals surface area (Å²) in [6.07, 6.45) is -2.01. The van der Waals surface area contributed by atoms with E-state index in [4.69, 9.17) is 5.11 Å². The molecule has 0 aliphatic rings. The molecule has 0 saturated heterocycles. The van der Waals surface area contributed by atoms with Crippen LogP contribution < -0.4 is 0 Å².